The number of hydrogen-bond acceptors (Lipinski definition) is 5. The molecule has 0 aromatic heterocycles. The third-order valence-electron chi connectivity index (χ3n) is 1.84. The molecule has 1 unspecified atom stereocenters. The van der Waals surface area contributed by atoms with Crippen LogP contribution in [0.5, 0.6) is 0 Å². The van der Waals surface area contributed by atoms with E-state index in [0.29, 0.717) is 5.71 Å². The van der Waals surface area contributed by atoms with Crippen molar-refractivity contribution in [2.24, 2.45) is 5.10 Å². The number of cyclic esters (lactones) is 1. The number of nitrogens with zero attached hydrogens (tertiary/aromatic N) is 2. The lowest BCUT2D eigenvalue weighted by Crippen LogP contribution is -2.13. The first kappa shape index (κ1) is 10.6. The van der Waals surface area contributed by atoms with Crippen LogP contribution in [0.3, 0.4) is 0 Å². The fourth-order valence-corrected chi connectivity index (χ4v) is 1.27. The fraction of sp³-hybridized carbons (Fsp3) is 0.556. The van der Waals surface area contributed by atoms with Gasteiger partial charge in [-0.2, -0.15) is 5.10 Å². The normalized spacial score (nSPS) is 22.7. The van der Waals surface area contributed by atoms with Crippen LogP contribution < -0.4 is 0 Å². The van der Waals surface area contributed by atoms with E-state index >= 15 is 0 Å². The van der Waals surface area contributed by atoms with E-state index in [1.165, 1.54) is 0 Å². The lowest BCUT2D eigenvalue weighted by molar-refractivity contribution is -0.139. The minimum atomic E-state index is -0.565. The molecular formula is C9H14N2O3. The van der Waals surface area contributed by atoms with Gasteiger partial charge in [0.2, 0.25) is 0 Å². The Morgan fingerprint density at radius 2 is 2.14 bits per heavy atom. The Morgan fingerprint density at radius 1 is 1.57 bits per heavy atom. The van der Waals surface area contributed by atoms with Crippen LogP contribution in [-0.4, -0.2) is 42.0 Å². The number of ether oxygens (including phenoxy) is 1. The number of aliphatic hydroxyl groups excluding tert-OH is 1. The molecule has 0 bridgehead atoms. The van der Waals surface area contributed by atoms with Crippen molar-refractivity contribution in [1.29, 1.82) is 0 Å². The highest BCUT2D eigenvalue weighted by Crippen LogP contribution is 2.21. The Kier molecular flexibility index (Phi) is 2.78. The third-order valence-corrected chi connectivity index (χ3v) is 1.84. The molecule has 14 heavy (non-hydrogen) atoms. The summed E-state index contributed by atoms with van der Waals surface area (Å²) < 4.78 is 4.83. The summed E-state index contributed by atoms with van der Waals surface area (Å²) in [6.45, 7) is 3.27. The fourth-order valence-electron chi connectivity index (χ4n) is 1.27. The number of hydrazone groups is 1. The van der Waals surface area contributed by atoms with Crippen LogP contribution in [0, 0.1) is 0 Å². The van der Waals surface area contributed by atoms with Crippen molar-refractivity contribution in [3.8, 4) is 0 Å². The van der Waals surface area contributed by atoms with Crippen molar-refractivity contribution < 1.29 is 14.6 Å². The monoisotopic (exact) mass is 198 g/mol. The van der Waals surface area contributed by atoms with Gasteiger partial charge < -0.3 is 14.9 Å². The van der Waals surface area contributed by atoms with E-state index < -0.39 is 12.1 Å². The van der Waals surface area contributed by atoms with Gasteiger partial charge >= 0.3 is 5.97 Å². The van der Waals surface area contributed by atoms with Crippen LogP contribution in [0.4, 0.5) is 0 Å². The quantitative estimate of drug-likeness (QED) is 0.402. The number of hydrogen-bond donors (Lipinski definition) is 1. The van der Waals surface area contributed by atoms with Crippen molar-refractivity contribution in [1.82, 2.24) is 5.01 Å². The Hall–Kier alpha value is -1.52. The minimum Gasteiger partial charge on any atom is -0.507 e. The highest BCUT2D eigenvalue weighted by molar-refractivity contribution is 6.20. The van der Waals surface area contributed by atoms with Crippen LogP contribution >= 0.6 is 0 Å². The first-order valence-electron chi connectivity index (χ1n) is 4.30. The van der Waals surface area contributed by atoms with Gasteiger partial charge in [0.05, 0.1) is 5.71 Å². The van der Waals surface area contributed by atoms with Gasteiger partial charge in [0, 0.05) is 14.1 Å². The molecule has 0 saturated carbocycles. The minimum absolute atomic E-state index is 0.0434. The van der Waals surface area contributed by atoms with Crippen LogP contribution in [0.25, 0.3) is 0 Å². The highest BCUT2D eigenvalue weighted by Gasteiger charge is 2.32. The molecule has 1 atom stereocenters. The standard InChI is InChI=1S/C9H14N2O3/c1-5(10-11(3)4)7-8(12)6(2)14-9(7)13/h6,12H,1-4H3/b10-5+. The second-order valence-electron chi connectivity index (χ2n) is 3.34. The van der Waals surface area contributed by atoms with Crippen molar-refractivity contribution in [2.45, 2.75) is 20.0 Å². The zero-order valence-electron chi connectivity index (χ0n) is 8.74. The van der Waals surface area contributed by atoms with E-state index in [-0.39, 0.29) is 11.3 Å². The Labute approximate surface area is 82.7 Å². The summed E-state index contributed by atoms with van der Waals surface area (Å²) in [6, 6.07) is 0. The molecule has 0 saturated heterocycles. The molecule has 1 heterocycles. The molecular weight excluding hydrogens is 184 g/mol. The summed E-state index contributed by atoms with van der Waals surface area (Å²) in [5.41, 5.74) is 0.632. The molecule has 5 heteroatoms. The second-order valence-corrected chi connectivity index (χ2v) is 3.34. The predicted molar refractivity (Wildman–Crippen MR) is 52.0 cm³/mol. The van der Waals surface area contributed by atoms with Crippen molar-refractivity contribution >= 4 is 11.7 Å². The molecule has 0 spiro atoms. The number of rotatable bonds is 2. The molecule has 1 aliphatic rings. The molecule has 1 aliphatic heterocycles. The molecule has 0 aliphatic carbocycles. The van der Waals surface area contributed by atoms with E-state index in [2.05, 4.69) is 5.10 Å². The lowest BCUT2D eigenvalue weighted by atomic mass is 10.1. The average Bonchev–Trinajstić information content (AvgIpc) is 2.25. The van der Waals surface area contributed by atoms with Crippen molar-refractivity contribution in [3.63, 3.8) is 0 Å². The smallest absolute Gasteiger partial charge is 0.344 e. The number of carbonyl (C=O) groups is 1. The van der Waals surface area contributed by atoms with E-state index in [9.17, 15) is 9.90 Å². The zero-order valence-corrected chi connectivity index (χ0v) is 8.74. The van der Waals surface area contributed by atoms with Gasteiger partial charge in [0.15, 0.2) is 6.10 Å². The van der Waals surface area contributed by atoms with Gasteiger partial charge in [-0.15, -0.1) is 0 Å². The number of carbonyl (C=O) groups excluding carboxylic acids is 1. The Bertz CT molecular complexity index is 318. The number of esters is 1. The summed E-state index contributed by atoms with van der Waals surface area (Å²) in [4.78, 5) is 11.3. The maximum atomic E-state index is 11.3. The van der Waals surface area contributed by atoms with Gasteiger partial charge in [-0.3, -0.25) is 0 Å². The molecule has 78 valence electrons. The predicted octanol–water partition coefficient (Wildman–Crippen LogP) is 0.681. The van der Waals surface area contributed by atoms with Crippen LogP contribution in [-0.2, 0) is 9.53 Å². The lowest BCUT2D eigenvalue weighted by Gasteiger charge is -2.06. The molecule has 1 rings (SSSR count). The summed E-state index contributed by atoms with van der Waals surface area (Å²) in [5, 5.41) is 15.1. The number of aliphatic hydroxyl groups is 1. The summed E-state index contributed by atoms with van der Waals surface area (Å²) >= 11 is 0. The van der Waals surface area contributed by atoms with Crippen LogP contribution in [0.2, 0.25) is 0 Å². The van der Waals surface area contributed by atoms with E-state index in [0.717, 1.165) is 0 Å². The van der Waals surface area contributed by atoms with E-state index in [1.54, 1.807) is 33.0 Å². The maximum Gasteiger partial charge on any atom is 0.344 e. The first-order chi connectivity index (χ1) is 6.43. The van der Waals surface area contributed by atoms with E-state index in [4.69, 9.17) is 4.74 Å². The SMILES string of the molecule is C/C(=N\N(C)C)C1=C(O)C(C)OC1=O. The topological polar surface area (TPSA) is 62.1 Å². The molecule has 0 fully saturated rings. The Balaban J connectivity index is 3.03. The highest BCUT2D eigenvalue weighted by atomic mass is 16.6. The summed E-state index contributed by atoms with van der Waals surface area (Å²) in [6.07, 6.45) is -0.565. The Morgan fingerprint density at radius 3 is 2.50 bits per heavy atom. The maximum absolute atomic E-state index is 11.3. The second kappa shape index (κ2) is 3.69. The van der Waals surface area contributed by atoms with Gasteiger partial charge in [0.25, 0.3) is 0 Å². The summed E-state index contributed by atoms with van der Waals surface area (Å²) in [7, 11) is 3.48. The zero-order chi connectivity index (χ0) is 10.9. The summed E-state index contributed by atoms with van der Waals surface area (Å²) in [5.74, 6) is -0.559. The molecule has 0 radical (unpaired) electrons. The van der Waals surface area contributed by atoms with Gasteiger partial charge in [-0.1, -0.05) is 0 Å². The van der Waals surface area contributed by atoms with E-state index in [1.807, 2.05) is 0 Å². The van der Waals surface area contributed by atoms with Gasteiger partial charge in [-0.05, 0) is 13.8 Å². The molecule has 0 aromatic carbocycles. The van der Waals surface area contributed by atoms with Crippen LogP contribution in [0.15, 0.2) is 16.4 Å². The molecule has 0 aromatic rings. The van der Waals surface area contributed by atoms with Crippen molar-refractivity contribution in [3.05, 3.63) is 11.3 Å². The van der Waals surface area contributed by atoms with Crippen LogP contribution in [0.1, 0.15) is 13.8 Å². The van der Waals surface area contributed by atoms with Gasteiger partial charge in [0.1, 0.15) is 11.3 Å². The average molecular weight is 198 g/mol. The molecule has 0 amide bonds. The van der Waals surface area contributed by atoms with Crippen molar-refractivity contribution in [2.75, 3.05) is 14.1 Å². The first-order valence-corrected chi connectivity index (χ1v) is 4.30. The molecule has 5 nitrogen and oxygen atoms in total. The largest absolute Gasteiger partial charge is 0.507 e. The third kappa shape index (κ3) is 1.86. The van der Waals surface area contributed by atoms with Gasteiger partial charge in [-0.25, -0.2) is 4.79 Å². The molecule has 1 N–H and O–H groups in total.